The van der Waals surface area contributed by atoms with Gasteiger partial charge in [0.05, 0.1) is 12.2 Å². The third-order valence-corrected chi connectivity index (χ3v) is 2.48. The average molecular weight is 220 g/mol. The van der Waals surface area contributed by atoms with Gasteiger partial charge in [-0.15, -0.1) is 0 Å². The van der Waals surface area contributed by atoms with Crippen molar-refractivity contribution in [1.82, 2.24) is 0 Å². The molecule has 16 heavy (non-hydrogen) atoms. The fraction of sp³-hybridized carbons (Fsp3) is 0.500. The zero-order valence-electron chi connectivity index (χ0n) is 10.3. The molecule has 0 N–H and O–H groups in total. The molecule has 0 spiro atoms. The Labute approximate surface area is 97.6 Å². The van der Waals surface area contributed by atoms with Crippen LogP contribution in [0.2, 0.25) is 0 Å². The molecule has 1 rings (SSSR count). The van der Waals surface area contributed by atoms with E-state index in [1.165, 1.54) is 0 Å². The van der Waals surface area contributed by atoms with E-state index < -0.39 is 0 Å². The van der Waals surface area contributed by atoms with Crippen LogP contribution in [0, 0.1) is 12.8 Å². The molecule has 0 saturated carbocycles. The van der Waals surface area contributed by atoms with Crippen LogP contribution in [0.1, 0.15) is 42.6 Å². The van der Waals surface area contributed by atoms with Gasteiger partial charge in [0.2, 0.25) is 0 Å². The highest BCUT2D eigenvalue weighted by atomic mass is 16.5. The first-order chi connectivity index (χ1) is 7.63. The highest BCUT2D eigenvalue weighted by Crippen LogP contribution is 2.18. The predicted octanol–water partition coefficient (Wildman–Crippen LogP) is 3.62. The average Bonchev–Trinajstić information content (AvgIpc) is 2.25. The minimum Gasteiger partial charge on any atom is -0.493 e. The van der Waals surface area contributed by atoms with Gasteiger partial charge in [0.1, 0.15) is 5.75 Å². The van der Waals surface area contributed by atoms with E-state index in [-0.39, 0.29) is 0 Å². The van der Waals surface area contributed by atoms with Gasteiger partial charge in [-0.2, -0.15) is 0 Å². The molecule has 0 amide bonds. The summed E-state index contributed by atoms with van der Waals surface area (Å²) in [6.07, 6.45) is 3.04. The van der Waals surface area contributed by atoms with Crippen LogP contribution in [0.25, 0.3) is 0 Å². The molecule has 0 bridgehead atoms. The van der Waals surface area contributed by atoms with Crippen LogP contribution < -0.4 is 4.74 Å². The fourth-order valence-corrected chi connectivity index (χ4v) is 1.57. The van der Waals surface area contributed by atoms with E-state index in [1.54, 1.807) is 0 Å². The van der Waals surface area contributed by atoms with E-state index in [4.69, 9.17) is 4.74 Å². The molecule has 0 unspecified atom stereocenters. The van der Waals surface area contributed by atoms with Crippen molar-refractivity contribution in [2.24, 2.45) is 5.92 Å². The highest BCUT2D eigenvalue weighted by Gasteiger charge is 2.03. The Hall–Kier alpha value is -1.31. The molecule has 88 valence electrons. The lowest BCUT2D eigenvalue weighted by Gasteiger charge is -2.09. The highest BCUT2D eigenvalue weighted by molar-refractivity contribution is 5.79. The van der Waals surface area contributed by atoms with E-state index in [1.807, 2.05) is 25.1 Å². The smallest absolute Gasteiger partial charge is 0.153 e. The van der Waals surface area contributed by atoms with Crippen molar-refractivity contribution in [2.45, 2.75) is 33.6 Å². The summed E-state index contributed by atoms with van der Waals surface area (Å²) in [4.78, 5) is 10.8. The number of aldehydes is 1. The Morgan fingerprint density at radius 3 is 2.75 bits per heavy atom. The van der Waals surface area contributed by atoms with E-state index in [9.17, 15) is 4.79 Å². The molecule has 0 aliphatic carbocycles. The molecule has 0 aliphatic heterocycles. The summed E-state index contributed by atoms with van der Waals surface area (Å²) in [7, 11) is 0. The van der Waals surface area contributed by atoms with Crippen molar-refractivity contribution in [2.75, 3.05) is 6.61 Å². The Morgan fingerprint density at radius 1 is 1.38 bits per heavy atom. The van der Waals surface area contributed by atoms with Gasteiger partial charge in [0.15, 0.2) is 6.29 Å². The van der Waals surface area contributed by atoms with Crippen molar-refractivity contribution < 1.29 is 9.53 Å². The van der Waals surface area contributed by atoms with Crippen molar-refractivity contribution in [3.63, 3.8) is 0 Å². The largest absolute Gasteiger partial charge is 0.493 e. The van der Waals surface area contributed by atoms with Crippen molar-refractivity contribution in [3.8, 4) is 5.75 Å². The van der Waals surface area contributed by atoms with Crippen LogP contribution in [-0.2, 0) is 0 Å². The molecule has 1 aromatic rings. The SMILES string of the molecule is Cc1ccc(OCCCC(C)C)c(C=O)c1. The second kappa shape index (κ2) is 6.31. The number of rotatable bonds is 6. The van der Waals surface area contributed by atoms with Crippen LogP contribution in [-0.4, -0.2) is 12.9 Å². The van der Waals surface area contributed by atoms with Crippen molar-refractivity contribution in [1.29, 1.82) is 0 Å². The molecule has 0 atom stereocenters. The van der Waals surface area contributed by atoms with Gasteiger partial charge in [0, 0.05) is 0 Å². The molecule has 1 aromatic carbocycles. The maximum Gasteiger partial charge on any atom is 0.153 e. The first-order valence-corrected chi connectivity index (χ1v) is 5.82. The maximum atomic E-state index is 10.8. The van der Waals surface area contributed by atoms with E-state index in [0.29, 0.717) is 23.8 Å². The Bertz CT molecular complexity index is 343. The van der Waals surface area contributed by atoms with Gasteiger partial charge in [-0.05, 0) is 37.8 Å². The monoisotopic (exact) mass is 220 g/mol. The summed E-state index contributed by atoms with van der Waals surface area (Å²) in [6.45, 7) is 7.04. The summed E-state index contributed by atoms with van der Waals surface area (Å²) >= 11 is 0. The zero-order valence-corrected chi connectivity index (χ0v) is 10.3. The minimum atomic E-state index is 0.643. The first-order valence-electron chi connectivity index (χ1n) is 5.82. The molecule has 0 saturated heterocycles. The van der Waals surface area contributed by atoms with Gasteiger partial charge in [-0.3, -0.25) is 4.79 Å². The second-order valence-electron chi connectivity index (χ2n) is 4.54. The Balaban J connectivity index is 2.50. The van der Waals surface area contributed by atoms with E-state index >= 15 is 0 Å². The van der Waals surface area contributed by atoms with Crippen molar-refractivity contribution in [3.05, 3.63) is 29.3 Å². The van der Waals surface area contributed by atoms with Crippen molar-refractivity contribution >= 4 is 6.29 Å². The summed E-state index contributed by atoms with van der Waals surface area (Å²) in [6, 6.07) is 5.68. The minimum absolute atomic E-state index is 0.643. The second-order valence-corrected chi connectivity index (χ2v) is 4.54. The standard InChI is InChI=1S/C14H20O2/c1-11(2)5-4-8-16-14-7-6-12(3)9-13(14)10-15/h6-7,9-11H,4-5,8H2,1-3H3. The summed E-state index contributed by atoms with van der Waals surface area (Å²) < 4.78 is 5.60. The zero-order chi connectivity index (χ0) is 12.0. The molecule has 2 nitrogen and oxygen atoms in total. The lowest BCUT2D eigenvalue weighted by atomic mass is 10.1. The van der Waals surface area contributed by atoms with Gasteiger partial charge in [-0.1, -0.05) is 25.5 Å². The number of benzene rings is 1. The Morgan fingerprint density at radius 2 is 2.12 bits per heavy atom. The van der Waals surface area contributed by atoms with Crippen LogP contribution in [0.3, 0.4) is 0 Å². The van der Waals surface area contributed by atoms with Crippen LogP contribution in [0.5, 0.6) is 5.75 Å². The van der Waals surface area contributed by atoms with Gasteiger partial charge < -0.3 is 4.74 Å². The van der Waals surface area contributed by atoms with E-state index in [2.05, 4.69) is 13.8 Å². The summed E-state index contributed by atoms with van der Waals surface area (Å²) in [5.41, 5.74) is 1.72. The quantitative estimate of drug-likeness (QED) is 0.540. The molecule has 0 radical (unpaired) electrons. The number of aryl methyl sites for hydroxylation is 1. The molecule has 0 heterocycles. The predicted molar refractivity (Wildman–Crippen MR) is 66.1 cm³/mol. The number of carbonyl (C=O) groups is 1. The molecule has 0 aromatic heterocycles. The molecule has 2 heteroatoms. The molecular weight excluding hydrogens is 200 g/mol. The van der Waals surface area contributed by atoms with Gasteiger partial charge >= 0.3 is 0 Å². The number of hydrogen-bond acceptors (Lipinski definition) is 2. The number of ether oxygens (including phenoxy) is 1. The molecular formula is C14H20O2. The van der Waals surface area contributed by atoms with Crippen LogP contribution >= 0.6 is 0 Å². The third kappa shape index (κ3) is 4.05. The van der Waals surface area contributed by atoms with Crippen LogP contribution in [0.4, 0.5) is 0 Å². The van der Waals surface area contributed by atoms with Gasteiger partial charge in [0.25, 0.3) is 0 Å². The first kappa shape index (κ1) is 12.8. The number of carbonyl (C=O) groups excluding carboxylic acids is 1. The number of hydrogen-bond donors (Lipinski definition) is 0. The van der Waals surface area contributed by atoms with E-state index in [0.717, 1.165) is 24.7 Å². The summed E-state index contributed by atoms with van der Waals surface area (Å²) in [5, 5.41) is 0. The normalized spacial score (nSPS) is 10.5. The third-order valence-electron chi connectivity index (χ3n) is 2.48. The maximum absolute atomic E-state index is 10.8. The molecule has 0 aliphatic rings. The lowest BCUT2D eigenvalue weighted by Crippen LogP contribution is -2.01. The summed E-state index contributed by atoms with van der Waals surface area (Å²) in [5.74, 6) is 1.40. The lowest BCUT2D eigenvalue weighted by molar-refractivity contribution is 0.111. The van der Waals surface area contributed by atoms with Gasteiger partial charge in [-0.25, -0.2) is 0 Å². The topological polar surface area (TPSA) is 26.3 Å². The van der Waals surface area contributed by atoms with Crippen LogP contribution in [0.15, 0.2) is 18.2 Å². The Kier molecular flexibility index (Phi) is 5.03. The fourth-order valence-electron chi connectivity index (χ4n) is 1.57. The molecule has 0 fully saturated rings.